The molecule has 1 N–H and O–H groups in total. The second-order valence-corrected chi connectivity index (χ2v) is 6.45. The summed E-state index contributed by atoms with van der Waals surface area (Å²) < 4.78 is 0. The highest BCUT2D eigenvalue weighted by Crippen LogP contribution is 2.69. The van der Waals surface area contributed by atoms with Gasteiger partial charge < -0.3 is 5.32 Å². The molecule has 94 valence electrons. The number of halogens is 1. The molecule has 18 heavy (non-hydrogen) atoms. The van der Waals surface area contributed by atoms with Crippen molar-refractivity contribution in [2.24, 2.45) is 29.6 Å². The number of benzene rings is 1. The fourth-order valence-corrected chi connectivity index (χ4v) is 4.66. The first kappa shape index (κ1) is 10.9. The van der Waals surface area contributed by atoms with Gasteiger partial charge in [-0.15, -0.1) is 0 Å². The van der Waals surface area contributed by atoms with E-state index in [1.165, 1.54) is 19.3 Å². The van der Waals surface area contributed by atoms with Gasteiger partial charge in [0.05, 0.1) is 0 Å². The Bertz CT molecular complexity index is 499. The van der Waals surface area contributed by atoms with Crippen molar-refractivity contribution in [3.05, 3.63) is 29.3 Å². The summed E-state index contributed by atoms with van der Waals surface area (Å²) in [6.45, 7) is 0. The van der Waals surface area contributed by atoms with E-state index in [1.807, 2.05) is 24.3 Å². The van der Waals surface area contributed by atoms with Crippen LogP contribution in [0.2, 0.25) is 5.02 Å². The Morgan fingerprint density at radius 2 is 1.94 bits per heavy atom. The molecule has 2 bridgehead atoms. The van der Waals surface area contributed by atoms with Gasteiger partial charge in [-0.05, 0) is 61.1 Å². The van der Waals surface area contributed by atoms with Crippen molar-refractivity contribution in [1.82, 2.24) is 0 Å². The standard InChI is InChI=1S/C15H16ClNO/c16-10-2-1-3-11(7-10)17-15(18)14-12-8-4-5-9(6-8)13(12)14/h1-3,7-9,12-14H,4-6H2,(H,17,18)/t8-,9+,12+,13-,14?. The first-order chi connectivity index (χ1) is 8.74. The molecule has 1 amide bonds. The van der Waals surface area contributed by atoms with Crippen LogP contribution in [0.5, 0.6) is 0 Å². The van der Waals surface area contributed by atoms with E-state index in [0.29, 0.717) is 16.9 Å². The number of carbonyl (C=O) groups excluding carboxylic acids is 1. The Balaban J connectivity index is 1.47. The van der Waals surface area contributed by atoms with Gasteiger partial charge in [0, 0.05) is 16.6 Å². The van der Waals surface area contributed by atoms with Crippen molar-refractivity contribution >= 4 is 23.2 Å². The lowest BCUT2D eigenvalue weighted by atomic mass is 10.0. The molecule has 3 aliphatic carbocycles. The summed E-state index contributed by atoms with van der Waals surface area (Å²) in [5, 5.41) is 3.69. The summed E-state index contributed by atoms with van der Waals surface area (Å²) in [7, 11) is 0. The Labute approximate surface area is 112 Å². The zero-order chi connectivity index (χ0) is 12.3. The maximum atomic E-state index is 12.3. The average molecular weight is 262 g/mol. The molecule has 3 heteroatoms. The van der Waals surface area contributed by atoms with Crippen molar-refractivity contribution in [2.75, 3.05) is 5.32 Å². The van der Waals surface area contributed by atoms with Crippen LogP contribution in [-0.2, 0) is 4.79 Å². The van der Waals surface area contributed by atoms with E-state index < -0.39 is 0 Å². The number of hydrogen-bond donors (Lipinski definition) is 1. The quantitative estimate of drug-likeness (QED) is 0.866. The van der Waals surface area contributed by atoms with Gasteiger partial charge in [0.15, 0.2) is 0 Å². The van der Waals surface area contributed by atoms with Crippen molar-refractivity contribution in [1.29, 1.82) is 0 Å². The van der Waals surface area contributed by atoms with Gasteiger partial charge in [-0.2, -0.15) is 0 Å². The molecule has 2 nitrogen and oxygen atoms in total. The van der Waals surface area contributed by atoms with E-state index in [-0.39, 0.29) is 11.8 Å². The van der Waals surface area contributed by atoms with Crippen molar-refractivity contribution in [2.45, 2.75) is 19.3 Å². The molecule has 0 spiro atoms. The van der Waals surface area contributed by atoms with E-state index in [0.717, 1.165) is 17.5 Å². The molecule has 0 saturated heterocycles. The number of fused-ring (bicyclic) bond motifs is 5. The minimum Gasteiger partial charge on any atom is -0.326 e. The van der Waals surface area contributed by atoms with Crippen LogP contribution < -0.4 is 5.32 Å². The van der Waals surface area contributed by atoms with Crippen LogP contribution in [0.1, 0.15) is 19.3 Å². The molecule has 5 atom stereocenters. The van der Waals surface area contributed by atoms with E-state index in [1.54, 1.807) is 0 Å². The highest BCUT2D eigenvalue weighted by Gasteiger charge is 2.67. The van der Waals surface area contributed by atoms with Crippen molar-refractivity contribution in [3.8, 4) is 0 Å². The molecule has 3 fully saturated rings. The number of anilines is 1. The summed E-state index contributed by atoms with van der Waals surface area (Å²) >= 11 is 5.92. The first-order valence-electron chi connectivity index (χ1n) is 6.80. The zero-order valence-corrected chi connectivity index (χ0v) is 10.9. The number of carbonyl (C=O) groups is 1. The number of hydrogen-bond acceptors (Lipinski definition) is 1. The summed E-state index contributed by atoms with van der Waals surface area (Å²) in [4.78, 5) is 12.3. The molecule has 1 aromatic carbocycles. The van der Waals surface area contributed by atoms with Crippen molar-refractivity contribution < 1.29 is 4.79 Å². The maximum Gasteiger partial charge on any atom is 0.228 e. The fourth-order valence-electron chi connectivity index (χ4n) is 4.47. The molecule has 0 heterocycles. The molecule has 0 aromatic heterocycles. The predicted octanol–water partition coefficient (Wildman–Crippen LogP) is 3.57. The van der Waals surface area contributed by atoms with E-state index in [2.05, 4.69) is 5.32 Å². The van der Waals surface area contributed by atoms with Gasteiger partial charge in [0.25, 0.3) is 0 Å². The topological polar surface area (TPSA) is 29.1 Å². The highest BCUT2D eigenvalue weighted by atomic mass is 35.5. The molecule has 3 aliphatic rings. The summed E-state index contributed by atoms with van der Waals surface area (Å²) in [6.07, 6.45) is 4.09. The molecule has 3 saturated carbocycles. The fraction of sp³-hybridized carbons (Fsp3) is 0.533. The molecule has 1 unspecified atom stereocenters. The summed E-state index contributed by atoms with van der Waals surface area (Å²) in [5.41, 5.74) is 0.824. The van der Waals surface area contributed by atoms with Crippen molar-refractivity contribution in [3.63, 3.8) is 0 Å². The largest absolute Gasteiger partial charge is 0.326 e. The summed E-state index contributed by atoms with van der Waals surface area (Å²) in [6, 6.07) is 7.40. The first-order valence-corrected chi connectivity index (χ1v) is 7.18. The Kier molecular flexibility index (Phi) is 2.25. The van der Waals surface area contributed by atoms with E-state index >= 15 is 0 Å². The van der Waals surface area contributed by atoms with Crippen LogP contribution in [0.15, 0.2) is 24.3 Å². The monoisotopic (exact) mass is 261 g/mol. The second kappa shape index (κ2) is 3.74. The molecule has 1 aromatic rings. The molecule has 4 rings (SSSR count). The minimum atomic E-state index is 0.212. The molecular formula is C15H16ClNO. The third-order valence-electron chi connectivity index (χ3n) is 5.13. The number of rotatable bonds is 2. The Hall–Kier alpha value is -1.02. The normalized spacial score (nSPS) is 39.5. The highest BCUT2D eigenvalue weighted by molar-refractivity contribution is 6.30. The van der Waals surface area contributed by atoms with Crippen LogP contribution in [0.3, 0.4) is 0 Å². The lowest BCUT2D eigenvalue weighted by molar-refractivity contribution is -0.118. The minimum absolute atomic E-state index is 0.212. The lowest BCUT2D eigenvalue weighted by Gasteiger charge is -2.09. The third kappa shape index (κ3) is 1.51. The smallest absolute Gasteiger partial charge is 0.228 e. The molecule has 0 aliphatic heterocycles. The third-order valence-corrected chi connectivity index (χ3v) is 5.37. The SMILES string of the molecule is O=C(Nc1cccc(Cl)c1)C1[C@@H]2[C@H]3CC[C@H](C3)[C@H]12. The van der Waals surface area contributed by atoms with Gasteiger partial charge in [-0.25, -0.2) is 0 Å². The number of nitrogens with one attached hydrogen (secondary N) is 1. The van der Waals surface area contributed by atoms with Gasteiger partial charge in [-0.1, -0.05) is 17.7 Å². The zero-order valence-electron chi connectivity index (χ0n) is 10.1. The Morgan fingerprint density at radius 3 is 2.61 bits per heavy atom. The number of amides is 1. The van der Waals surface area contributed by atoms with Crippen LogP contribution in [0, 0.1) is 29.6 Å². The molecular weight excluding hydrogens is 246 g/mol. The lowest BCUT2D eigenvalue weighted by Crippen LogP contribution is -2.18. The van der Waals surface area contributed by atoms with Crippen LogP contribution in [-0.4, -0.2) is 5.91 Å². The second-order valence-electron chi connectivity index (χ2n) is 6.01. The van der Waals surface area contributed by atoms with Crippen LogP contribution >= 0.6 is 11.6 Å². The summed E-state index contributed by atoms with van der Waals surface area (Å²) in [5.74, 6) is 3.58. The predicted molar refractivity (Wildman–Crippen MR) is 71.4 cm³/mol. The maximum absolute atomic E-state index is 12.3. The van der Waals surface area contributed by atoms with Gasteiger partial charge in [-0.3, -0.25) is 4.79 Å². The average Bonchev–Trinajstić information content (AvgIpc) is 2.79. The Morgan fingerprint density at radius 1 is 1.22 bits per heavy atom. The van der Waals surface area contributed by atoms with Gasteiger partial charge in [0.1, 0.15) is 0 Å². The van der Waals surface area contributed by atoms with Crippen LogP contribution in [0.25, 0.3) is 0 Å². The van der Waals surface area contributed by atoms with E-state index in [9.17, 15) is 4.79 Å². The van der Waals surface area contributed by atoms with E-state index in [4.69, 9.17) is 11.6 Å². The van der Waals surface area contributed by atoms with Crippen LogP contribution in [0.4, 0.5) is 5.69 Å². The molecule has 0 radical (unpaired) electrons. The van der Waals surface area contributed by atoms with Gasteiger partial charge in [0.2, 0.25) is 5.91 Å². The van der Waals surface area contributed by atoms with Gasteiger partial charge >= 0.3 is 0 Å².